The number of ether oxygens (including phenoxy) is 2. The van der Waals surface area contributed by atoms with Crippen LogP contribution >= 0.6 is 0 Å². The quantitative estimate of drug-likeness (QED) is 0.558. The maximum atomic E-state index is 5.17. The van der Waals surface area contributed by atoms with Crippen molar-refractivity contribution < 1.29 is 9.47 Å². The summed E-state index contributed by atoms with van der Waals surface area (Å²) in [5.74, 6) is 0. The zero-order chi connectivity index (χ0) is 13.1. The Labute approximate surface area is 107 Å². The molecule has 2 atom stereocenters. The highest BCUT2D eigenvalue weighted by Crippen LogP contribution is 2.07. The van der Waals surface area contributed by atoms with Crippen LogP contribution in [0.3, 0.4) is 0 Å². The number of hydrogen-bond acceptors (Lipinski definition) is 4. The molecule has 4 nitrogen and oxygen atoms in total. The lowest BCUT2D eigenvalue weighted by molar-refractivity contribution is 0.105. The molecule has 0 radical (unpaired) electrons. The van der Waals surface area contributed by atoms with E-state index in [1.165, 1.54) is 0 Å². The molecule has 4 heteroatoms. The number of nitrogens with zero attached hydrogens (tertiary/aromatic N) is 1. The van der Waals surface area contributed by atoms with Gasteiger partial charge in [-0.15, -0.1) is 0 Å². The number of hydrogen-bond donors (Lipinski definition) is 1. The van der Waals surface area contributed by atoms with Crippen LogP contribution < -0.4 is 5.32 Å². The highest BCUT2D eigenvalue weighted by molar-refractivity contribution is 4.72. The van der Waals surface area contributed by atoms with Crippen LogP contribution in [0, 0.1) is 0 Å². The van der Waals surface area contributed by atoms with Crippen LogP contribution in [0.15, 0.2) is 0 Å². The molecular weight excluding hydrogens is 216 g/mol. The second kappa shape index (κ2) is 11.0. The van der Waals surface area contributed by atoms with Crippen molar-refractivity contribution in [3.8, 4) is 0 Å². The topological polar surface area (TPSA) is 33.7 Å². The first-order valence-electron chi connectivity index (χ1n) is 6.54. The molecule has 104 valence electrons. The summed E-state index contributed by atoms with van der Waals surface area (Å²) in [5.41, 5.74) is 0. The molecule has 2 unspecified atom stereocenters. The minimum absolute atomic E-state index is 0.553. The van der Waals surface area contributed by atoms with Gasteiger partial charge in [-0.2, -0.15) is 0 Å². The van der Waals surface area contributed by atoms with E-state index in [4.69, 9.17) is 9.47 Å². The van der Waals surface area contributed by atoms with Crippen LogP contribution in [-0.4, -0.2) is 64.6 Å². The van der Waals surface area contributed by atoms with Crippen molar-refractivity contribution in [2.45, 2.75) is 38.8 Å². The van der Waals surface area contributed by atoms with Gasteiger partial charge in [-0.05, 0) is 33.7 Å². The molecule has 0 aliphatic rings. The third-order valence-corrected chi connectivity index (χ3v) is 3.19. The largest absolute Gasteiger partial charge is 0.385 e. The van der Waals surface area contributed by atoms with Crippen molar-refractivity contribution in [3.05, 3.63) is 0 Å². The van der Waals surface area contributed by atoms with Crippen LogP contribution in [0.1, 0.15) is 26.7 Å². The van der Waals surface area contributed by atoms with Gasteiger partial charge in [-0.25, -0.2) is 0 Å². The molecular formula is C13H30N2O2. The molecule has 0 bridgehead atoms. The lowest BCUT2D eigenvalue weighted by atomic mass is 10.1. The summed E-state index contributed by atoms with van der Waals surface area (Å²) in [5, 5.41) is 3.29. The van der Waals surface area contributed by atoms with Crippen LogP contribution in [0.25, 0.3) is 0 Å². The van der Waals surface area contributed by atoms with Crippen LogP contribution in [0.4, 0.5) is 0 Å². The number of methoxy groups -OCH3 is 2. The zero-order valence-electron chi connectivity index (χ0n) is 12.2. The molecule has 0 aliphatic heterocycles. The summed E-state index contributed by atoms with van der Waals surface area (Å²) in [6.07, 6.45) is 2.24. The standard InChI is InChI=1S/C13H30N2O2/c1-12(14-3)11-13(2)15(8-10-17-5)7-6-9-16-4/h12-14H,6-11H2,1-5H3. The Morgan fingerprint density at radius 2 is 1.71 bits per heavy atom. The van der Waals surface area contributed by atoms with Gasteiger partial charge >= 0.3 is 0 Å². The Bertz CT molecular complexity index is 167. The first kappa shape index (κ1) is 16.8. The smallest absolute Gasteiger partial charge is 0.0589 e. The minimum Gasteiger partial charge on any atom is -0.385 e. The van der Waals surface area contributed by atoms with E-state index in [2.05, 4.69) is 24.1 Å². The van der Waals surface area contributed by atoms with Gasteiger partial charge in [0.1, 0.15) is 0 Å². The van der Waals surface area contributed by atoms with Gasteiger partial charge in [0.15, 0.2) is 0 Å². The van der Waals surface area contributed by atoms with E-state index >= 15 is 0 Å². The minimum atomic E-state index is 0.553. The van der Waals surface area contributed by atoms with E-state index in [1.54, 1.807) is 14.2 Å². The first-order valence-corrected chi connectivity index (χ1v) is 6.54. The lowest BCUT2D eigenvalue weighted by Crippen LogP contribution is -2.40. The van der Waals surface area contributed by atoms with Gasteiger partial charge in [-0.1, -0.05) is 0 Å². The SMILES string of the molecule is CNC(C)CC(C)N(CCCOC)CCOC. The Kier molecular flexibility index (Phi) is 10.9. The Morgan fingerprint density at radius 1 is 1.06 bits per heavy atom. The summed E-state index contributed by atoms with van der Waals surface area (Å²) < 4.78 is 10.3. The van der Waals surface area contributed by atoms with E-state index in [0.717, 1.165) is 39.1 Å². The molecule has 17 heavy (non-hydrogen) atoms. The van der Waals surface area contributed by atoms with Crippen molar-refractivity contribution >= 4 is 0 Å². The van der Waals surface area contributed by atoms with E-state index in [1.807, 2.05) is 7.05 Å². The third kappa shape index (κ3) is 8.55. The van der Waals surface area contributed by atoms with E-state index in [-0.39, 0.29) is 0 Å². The van der Waals surface area contributed by atoms with Crippen LogP contribution in [0.2, 0.25) is 0 Å². The fourth-order valence-corrected chi connectivity index (χ4v) is 1.95. The second-order valence-corrected chi connectivity index (χ2v) is 4.65. The first-order chi connectivity index (χ1) is 8.15. The normalized spacial score (nSPS) is 15.2. The van der Waals surface area contributed by atoms with Gasteiger partial charge in [0.2, 0.25) is 0 Å². The Balaban J connectivity index is 4.03. The van der Waals surface area contributed by atoms with Crippen molar-refractivity contribution in [3.63, 3.8) is 0 Å². The van der Waals surface area contributed by atoms with E-state index in [0.29, 0.717) is 12.1 Å². The molecule has 0 fully saturated rings. The molecule has 1 N–H and O–H groups in total. The highest BCUT2D eigenvalue weighted by atomic mass is 16.5. The average Bonchev–Trinajstić information content (AvgIpc) is 2.33. The van der Waals surface area contributed by atoms with Gasteiger partial charge in [0, 0.05) is 46.0 Å². The summed E-state index contributed by atoms with van der Waals surface area (Å²) in [7, 11) is 5.53. The predicted octanol–water partition coefficient (Wildman–Crippen LogP) is 1.36. The Hall–Kier alpha value is -0.160. The number of nitrogens with one attached hydrogen (secondary N) is 1. The van der Waals surface area contributed by atoms with Crippen molar-refractivity contribution in [2.24, 2.45) is 0 Å². The fourth-order valence-electron chi connectivity index (χ4n) is 1.95. The molecule has 0 aliphatic carbocycles. The third-order valence-electron chi connectivity index (χ3n) is 3.19. The summed E-state index contributed by atoms with van der Waals surface area (Å²) in [4.78, 5) is 2.48. The maximum absolute atomic E-state index is 5.17. The van der Waals surface area contributed by atoms with Crippen LogP contribution in [0.5, 0.6) is 0 Å². The lowest BCUT2D eigenvalue weighted by Gasteiger charge is -2.30. The molecule has 0 amide bonds. The monoisotopic (exact) mass is 246 g/mol. The molecule has 0 spiro atoms. The summed E-state index contributed by atoms with van der Waals surface area (Å²) >= 11 is 0. The molecule has 0 aromatic heterocycles. The van der Waals surface area contributed by atoms with Crippen molar-refractivity contribution in [2.75, 3.05) is 47.6 Å². The highest BCUT2D eigenvalue weighted by Gasteiger charge is 2.15. The second-order valence-electron chi connectivity index (χ2n) is 4.65. The molecule has 0 rings (SSSR count). The molecule has 0 aromatic carbocycles. The molecule has 0 aromatic rings. The Morgan fingerprint density at radius 3 is 2.24 bits per heavy atom. The molecule has 0 saturated heterocycles. The van der Waals surface area contributed by atoms with Crippen molar-refractivity contribution in [1.82, 2.24) is 10.2 Å². The number of rotatable bonds is 11. The average molecular weight is 246 g/mol. The van der Waals surface area contributed by atoms with Gasteiger partial charge in [0.05, 0.1) is 6.61 Å². The van der Waals surface area contributed by atoms with E-state index in [9.17, 15) is 0 Å². The zero-order valence-corrected chi connectivity index (χ0v) is 12.2. The van der Waals surface area contributed by atoms with Crippen LogP contribution in [-0.2, 0) is 9.47 Å². The van der Waals surface area contributed by atoms with E-state index < -0.39 is 0 Å². The summed E-state index contributed by atoms with van der Waals surface area (Å²) in [6, 6.07) is 1.13. The van der Waals surface area contributed by atoms with Gasteiger partial charge < -0.3 is 14.8 Å². The maximum Gasteiger partial charge on any atom is 0.0589 e. The molecule has 0 heterocycles. The summed E-state index contributed by atoms with van der Waals surface area (Å²) in [6.45, 7) is 8.21. The predicted molar refractivity (Wildman–Crippen MR) is 72.5 cm³/mol. The van der Waals surface area contributed by atoms with Gasteiger partial charge in [0.25, 0.3) is 0 Å². The fraction of sp³-hybridized carbons (Fsp3) is 1.00. The van der Waals surface area contributed by atoms with Crippen molar-refractivity contribution in [1.29, 1.82) is 0 Å². The molecule has 0 saturated carbocycles. The van der Waals surface area contributed by atoms with Gasteiger partial charge in [-0.3, -0.25) is 4.90 Å².